The van der Waals surface area contributed by atoms with Gasteiger partial charge in [-0.15, -0.1) is 0 Å². The monoisotopic (exact) mass is 228 g/mol. The van der Waals surface area contributed by atoms with Gasteiger partial charge in [0.1, 0.15) is 0 Å². The van der Waals surface area contributed by atoms with Gasteiger partial charge in [-0.1, -0.05) is 6.07 Å². The van der Waals surface area contributed by atoms with E-state index < -0.39 is 0 Å². The molecular weight excluding hydrogens is 208 g/mol. The number of aromatic nitrogens is 1. The van der Waals surface area contributed by atoms with E-state index in [0.29, 0.717) is 0 Å². The molecule has 17 heavy (non-hydrogen) atoms. The highest BCUT2D eigenvalue weighted by atomic mass is 15.0. The number of hydrogen-bond donors (Lipinski definition) is 1. The molecule has 1 heterocycles. The molecular formula is C15H20N2. The second-order valence-corrected chi connectivity index (χ2v) is 5.28. The summed E-state index contributed by atoms with van der Waals surface area (Å²) >= 11 is 0. The standard InChI is InChI=1S/C15H20N2/c1-10-11(2)17(3)15-7-4-12(8-14(10)15)9-16-13-5-6-13/h4,7-8,13,16H,5-6,9H2,1-3H3. The Hall–Kier alpha value is -1.28. The molecule has 0 amide bonds. The van der Waals surface area contributed by atoms with E-state index >= 15 is 0 Å². The van der Waals surface area contributed by atoms with Crippen LogP contribution in [0.3, 0.4) is 0 Å². The SMILES string of the molecule is Cc1c(C)n(C)c2ccc(CNC3CC3)cc12. The molecule has 2 heteroatoms. The number of aryl methyl sites for hydroxylation is 2. The molecule has 0 unspecified atom stereocenters. The van der Waals surface area contributed by atoms with Crippen molar-refractivity contribution in [3.63, 3.8) is 0 Å². The fourth-order valence-electron chi connectivity index (χ4n) is 2.46. The lowest BCUT2D eigenvalue weighted by Gasteiger charge is -2.04. The van der Waals surface area contributed by atoms with Gasteiger partial charge in [-0.3, -0.25) is 0 Å². The third kappa shape index (κ3) is 1.87. The Labute approximate surface area is 103 Å². The minimum Gasteiger partial charge on any atom is -0.348 e. The molecule has 1 aromatic heterocycles. The molecule has 0 spiro atoms. The highest BCUT2D eigenvalue weighted by Gasteiger charge is 2.20. The Balaban J connectivity index is 1.96. The molecule has 1 saturated carbocycles. The minimum atomic E-state index is 0.782. The van der Waals surface area contributed by atoms with Crippen LogP contribution in [0.4, 0.5) is 0 Å². The lowest BCUT2D eigenvalue weighted by molar-refractivity contribution is 0.688. The van der Waals surface area contributed by atoms with Crippen LogP contribution in [0.2, 0.25) is 0 Å². The third-order valence-electron chi connectivity index (χ3n) is 4.04. The first-order valence-corrected chi connectivity index (χ1v) is 6.44. The van der Waals surface area contributed by atoms with Crippen molar-refractivity contribution >= 4 is 10.9 Å². The van der Waals surface area contributed by atoms with Gasteiger partial charge in [-0.2, -0.15) is 0 Å². The second kappa shape index (κ2) is 3.88. The maximum atomic E-state index is 3.57. The highest BCUT2D eigenvalue weighted by molar-refractivity contribution is 5.85. The zero-order valence-electron chi connectivity index (χ0n) is 10.9. The summed E-state index contributed by atoms with van der Waals surface area (Å²) in [6.45, 7) is 5.42. The van der Waals surface area contributed by atoms with Crippen LogP contribution in [0.15, 0.2) is 18.2 Å². The van der Waals surface area contributed by atoms with E-state index in [9.17, 15) is 0 Å². The zero-order chi connectivity index (χ0) is 12.0. The fourth-order valence-corrected chi connectivity index (χ4v) is 2.46. The molecule has 1 fully saturated rings. The van der Waals surface area contributed by atoms with Crippen LogP contribution in [0, 0.1) is 13.8 Å². The van der Waals surface area contributed by atoms with E-state index in [-0.39, 0.29) is 0 Å². The van der Waals surface area contributed by atoms with Gasteiger partial charge in [-0.25, -0.2) is 0 Å². The topological polar surface area (TPSA) is 17.0 Å². The highest BCUT2D eigenvalue weighted by Crippen LogP contribution is 2.25. The normalized spacial score (nSPS) is 15.7. The Kier molecular flexibility index (Phi) is 2.48. The number of rotatable bonds is 3. The second-order valence-electron chi connectivity index (χ2n) is 5.28. The van der Waals surface area contributed by atoms with E-state index in [2.05, 4.69) is 49.0 Å². The maximum absolute atomic E-state index is 3.57. The molecule has 0 atom stereocenters. The Morgan fingerprint density at radius 3 is 2.76 bits per heavy atom. The summed E-state index contributed by atoms with van der Waals surface area (Å²) in [4.78, 5) is 0. The number of fused-ring (bicyclic) bond motifs is 1. The summed E-state index contributed by atoms with van der Waals surface area (Å²) < 4.78 is 2.28. The zero-order valence-corrected chi connectivity index (χ0v) is 10.9. The van der Waals surface area contributed by atoms with Crippen LogP contribution in [-0.4, -0.2) is 10.6 Å². The minimum absolute atomic E-state index is 0.782. The molecule has 0 bridgehead atoms. The van der Waals surface area contributed by atoms with Gasteiger partial charge < -0.3 is 9.88 Å². The molecule has 0 aliphatic heterocycles. The fraction of sp³-hybridized carbons (Fsp3) is 0.467. The molecule has 1 aromatic carbocycles. The molecule has 1 N–H and O–H groups in total. The smallest absolute Gasteiger partial charge is 0.0482 e. The van der Waals surface area contributed by atoms with Crippen LogP contribution in [0.5, 0.6) is 0 Å². The van der Waals surface area contributed by atoms with Crippen molar-refractivity contribution in [3.05, 3.63) is 35.0 Å². The maximum Gasteiger partial charge on any atom is 0.0482 e. The van der Waals surface area contributed by atoms with Crippen LogP contribution in [-0.2, 0) is 13.6 Å². The molecule has 90 valence electrons. The van der Waals surface area contributed by atoms with Crippen LogP contribution >= 0.6 is 0 Å². The van der Waals surface area contributed by atoms with Crippen molar-refractivity contribution in [2.24, 2.45) is 7.05 Å². The van der Waals surface area contributed by atoms with Gasteiger partial charge in [0.15, 0.2) is 0 Å². The molecule has 0 saturated heterocycles. The van der Waals surface area contributed by atoms with Crippen molar-refractivity contribution < 1.29 is 0 Å². The van der Waals surface area contributed by atoms with Gasteiger partial charge in [0.2, 0.25) is 0 Å². The summed E-state index contributed by atoms with van der Waals surface area (Å²) in [5.41, 5.74) is 5.52. The van der Waals surface area contributed by atoms with Crippen LogP contribution in [0.25, 0.3) is 10.9 Å². The van der Waals surface area contributed by atoms with E-state index in [1.807, 2.05) is 0 Å². The van der Waals surface area contributed by atoms with Crippen molar-refractivity contribution in [1.29, 1.82) is 0 Å². The average molecular weight is 228 g/mol. The van der Waals surface area contributed by atoms with Gasteiger partial charge in [0, 0.05) is 36.2 Å². The number of nitrogens with one attached hydrogen (secondary N) is 1. The first kappa shape index (κ1) is 10.8. The van der Waals surface area contributed by atoms with Crippen molar-refractivity contribution in [2.75, 3.05) is 0 Å². The van der Waals surface area contributed by atoms with Crippen LogP contribution in [0.1, 0.15) is 29.7 Å². The van der Waals surface area contributed by atoms with E-state index in [4.69, 9.17) is 0 Å². The number of benzene rings is 1. The Morgan fingerprint density at radius 2 is 2.06 bits per heavy atom. The summed E-state index contributed by atoms with van der Waals surface area (Å²) in [7, 11) is 2.15. The number of nitrogens with zero attached hydrogens (tertiary/aromatic N) is 1. The van der Waals surface area contributed by atoms with Gasteiger partial charge in [0.05, 0.1) is 0 Å². The quantitative estimate of drug-likeness (QED) is 0.854. The largest absolute Gasteiger partial charge is 0.348 e. The summed E-state index contributed by atoms with van der Waals surface area (Å²) in [6.07, 6.45) is 2.71. The third-order valence-corrected chi connectivity index (χ3v) is 4.04. The van der Waals surface area contributed by atoms with Crippen molar-refractivity contribution in [1.82, 2.24) is 9.88 Å². The van der Waals surface area contributed by atoms with Gasteiger partial charge in [-0.05, 0) is 49.9 Å². The molecule has 0 radical (unpaired) electrons. The predicted molar refractivity (Wildman–Crippen MR) is 72.3 cm³/mol. The average Bonchev–Trinajstić information content (AvgIpc) is 3.14. The first-order valence-electron chi connectivity index (χ1n) is 6.44. The molecule has 3 rings (SSSR count). The number of hydrogen-bond acceptors (Lipinski definition) is 1. The van der Waals surface area contributed by atoms with Gasteiger partial charge >= 0.3 is 0 Å². The Bertz CT molecular complexity index is 562. The molecule has 2 nitrogen and oxygen atoms in total. The molecule has 1 aliphatic rings. The summed E-state index contributed by atoms with van der Waals surface area (Å²) in [6, 6.07) is 7.62. The first-order chi connectivity index (χ1) is 8.16. The van der Waals surface area contributed by atoms with E-state index in [1.54, 1.807) is 0 Å². The van der Waals surface area contributed by atoms with Gasteiger partial charge in [0.25, 0.3) is 0 Å². The molecule has 1 aliphatic carbocycles. The Morgan fingerprint density at radius 1 is 1.29 bits per heavy atom. The van der Waals surface area contributed by atoms with Crippen LogP contribution < -0.4 is 5.32 Å². The van der Waals surface area contributed by atoms with Crippen molar-refractivity contribution in [3.8, 4) is 0 Å². The van der Waals surface area contributed by atoms with E-state index in [1.165, 1.54) is 40.6 Å². The lowest BCUT2D eigenvalue weighted by Crippen LogP contribution is -2.15. The summed E-state index contributed by atoms with van der Waals surface area (Å²) in [5, 5.41) is 4.97. The molecule has 2 aromatic rings. The lowest BCUT2D eigenvalue weighted by atomic mass is 10.1. The summed E-state index contributed by atoms with van der Waals surface area (Å²) in [5.74, 6) is 0. The van der Waals surface area contributed by atoms with E-state index in [0.717, 1.165) is 12.6 Å². The predicted octanol–water partition coefficient (Wildman–Crippen LogP) is 3.05. The van der Waals surface area contributed by atoms with Crippen molar-refractivity contribution in [2.45, 2.75) is 39.3 Å².